The van der Waals surface area contributed by atoms with Crippen molar-refractivity contribution in [2.24, 2.45) is 0 Å². The lowest BCUT2D eigenvalue weighted by Crippen LogP contribution is -2.52. The number of nitrogens with zero attached hydrogens (tertiary/aromatic N) is 2. The van der Waals surface area contributed by atoms with Gasteiger partial charge in [-0.15, -0.1) is 0 Å². The molecule has 2 aliphatic rings. The fourth-order valence-corrected chi connectivity index (χ4v) is 3.92. The average molecular weight is 252 g/mol. The third-order valence-electron chi connectivity index (χ3n) is 4.19. The van der Waals surface area contributed by atoms with Crippen LogP contribution in [-0.2, 0) is 0 Å². The lowest BCUT2D eigenvalue weighted by atomic mass is 9.82. The van der Waals surface area contributed by atoms with Crippen LogP contribution in [0, 0.1) is 0 Å². The number of fused-ring (bicyclic) bond motifs is 2. The molecule has 4 nitrogen and oxygen atoms in total. The van der Waals surface area contributed by atoms with Gasteiger partial charge in [0, 0.05) is 18.1 Å². The Morgan fingerprint density at radius 1 is 1.41 bits per heavy atom. The van der Waals surface area contributed by atoms with E-state index < -0.39 is 0 Å². The SMILES string of the molecule is CN1C2CCCC1CC(Nc1ncc(N)s1)C2. The monoisotopic (exact) mass is 252 g/mol. The summed E-state index contributed by atoms with van der Waals surface area (Å²) in [4.78, 5) is 6.87. The van der Waals surface area contributed by atoms with Crippen molar-refractivity contribution in [2.75, 3.05) is 18.1 Å². The van der Waals surface area contributed by atoms with Crippen molar-refractivity contribution in [1.29, 1.82) is 0 Å². The van der Waals surface area contributed by atoms with Crippen LogP contribution in [0.4, 0.5) is 10.1 Å². The minimum Gasteiger partial charge on any atom is -0.389 e. The van der Waals surface area contributed by atoms with Gasteiger partial charge in [0.05, 0.1) is 6.20 Å². The smallest absolute Gasteiger partial charge is 0.184 e. The van der Waals surface area contributed by atoms with Gasteiger partial charge in [-0.25, -0.2) is 4.98 Å². The Labute approximate surface area is 106 Å². The number of rotatable bonds is 2. The molecule has 3 rings (SSSR count). The summed E-state index contributed by atoms with van der Waals surface area (Å²) in [5, 5.41) is 5.33. The van der Waals surface area contributed by atoms with E-state index in [-0.39, 0.29) is 0 Å². The van der Waals surface area contributed by atoms with E-state index in [2.05, 4.69) is 22.2 Å². The Morgan fingerprint density at radius 3 is 2.71 bits per heavy atom. The van der Waals surface area contributed by atoms with Crippen LogP contribution in [-0.4, -0.2) is 35.1 Å². The van der Waals surface area contributed by atoms with E-state index >= 15 is 0 Å². The Kier molecular flexibility index (Phi) is 2.96. The Bertz CT molecular complexity index is 378. The molecule has 0 aliphatic carbocycles. The lowest BCUT2D eigenvalue weighted by molar-refractivity contribution is 0.0608. The van der Waals surface area contributed by atoms with Crippen molar-refractivity contribution in [3.63, 3.8) is 0 Å². The molecular weight excluding hydrogens is 232 g/mol. The molecule has 0 aromatic carbocycles. The summed E-state index contributed by atoms with van der Waals surface area (Å²) >= 11 is 1.55. The first-order valence-corrected chi connectivity index (χ1v) is 7.24. The number of hydrogen-bond donors (Lipinski definition) is 2. The summed E-state index contributed by atoms with van der Waals surface area (Å²) < 4.78 is 0. The fraction of sp³-hybridized carbons (Fsp3) is 0.750. The van der Waals surface area contributed by atoms with Crippen LogP contribution in [0.15, 0.2) is 6.20 Å². The highest BCUT2D eigenvalue weighted by Crippen LogP contribution is 2.34. The van der Waals surface area contributed by atoms with Gasteiger partial charge in [0.2, 0.25) is 0 Å². The first-order chi connectivity index (χ1) is 8.22. The number of nitrogen functional groups attached to an aromatic ring is 1. The van der Waals surface area contributed by atoms with Crippen molar-refractivity contribution >= 4 is 21.5 Å². The molecule has 5 heteroatoms. The molecule has 3 N–H and O–H groups in total. The molecule has 17 heavy (non-hydrogen) atoms. The number of nitrogens with one attached hydrogen (secondary N) is 1. The van der Waals surface area contributed by atoms with Crippen LogP contribution in [0.5, 0.6) is 0 Å². The van der Waals surface area contributed by atoms with Crippen molar-refractivity contribution in [3.05, 3.63) is 6.20 Å². The standard InChI is InChI=1S/C12H20N4S/c1-16-9-3-2-4-10(16)6-8(5-9)15-12-14-7-11(13)17-12/h7-10H,2-6,13H2,1H3,(H,14,15). The first kappa shape index (κ1) is 11.3. The van der Waals surface area contributed by atoms with Crippen molar-refractivity contribution in [2.45, 2.75) is 50.2 Å². The number of nitrogens with two attached hydrogens (primary N) is 1. The molecule has 2 saturated heterocycles. The highest BCUT2D eigenvalue weighted by molar-refractivity contribution is 7.19. The molecule has 2 atom stereocenters. The number of hydrogen-bond acceptors (Lipinski definition) is 5. The Hall–Kier alpha value is -0.810. The highest BCUT2D eigenvalue weighted by Gasteiger charge is 2.35. The van der Waals surface area contributed by atoms with E-state index in [4.69, 9.17) is 5.73 Å². The second kappa shape index (κ2) is 4.46. The van der Waals surface area contributed by atoms with Crippen LogP contribution >= 0.6 is 11.3 Å². The van der Waals surface area contributed by atoms with Gasteiger partial charge in [0.25, 0.3) is 0 Å². The summed E-state index contributed by atoms with van der Waals surface area (Å²) in [5.74, 6) is 0. The van der Waals surface area contributed by atoms with Gasteiger partial charge in [-0.05, 0) is 32.7 Å². The number of piperidine rings is 2. The molecule has 0 radical (unpaired) electrons. The second-order valence-electron chi connectivity index (χ2n) is 5.28. The van der Waals surface area contributed by atoms with E-state index in [1.165, 1.54) is 32.1 Å². The van der Waals surface area contributed by atoms with Gasteiger partial charge in [0.15, 0.2) is 5.13 Å². The van der Waals surface area contributed by atoms with E-state index in [9.17, 15) is 0 Å². The quantitative estimate of drug-likeness (QED) is 0.847. The van der Waals surface area contributed by atoms with E-state index in [0.717, 1.165) is 22.2 Å². The molecular formula is C12H20N4S. The summed E-state index contributed by atoms with van der Waals surface area (Å²) in [6.45, 7) is 0. The predicted molar refractivity (Wildman–Crippen MR) is 72.4 cm³/mol. The summed E-state index contributed by atoms with van der Waals surface area (Å²) in [6, 6.07) is 2.10. The van der Waals surface area contributed by atoms with Crippen LogP contribution in [0.25, 0.3) is 0 Å². The van der Waals surface area contributed by atoms with Gasteiger partial charge in [-0.2, -0.15) is 0 Å². The maximum absolute atomic E-state index is 5.71. The molecule has 2 bridgehead atoms. The van der Waals surface area contributed by atoms with Gasteiger partial charge < -0.3 is 16.0 Å². The third kappa shape index (κ3) is 2.26. The lowest BCUT2D eigenvalue weighted by Gasteiger charge is -2.47. The molecule has 0 amide bonds. The van der Waals surface area contributed by atoms with Crippen LogP contribution in [0.3, 0.4) is 0 Å². The minimum absolute atomic E-state index is 0.576. The Morgan fingerprint density at radius 2 is 2.12 bits per heavy atom. The van der Waals surface area contributed by atoms with E-state index in [1.54, 1.807) is 17.5 Å². The van der Waals surface area contributed by atoms with Gasteiger partial charge >= 0.3 is 0 Å². The van der Waals surface area contributed by atoms with Crippen molar-refractivity contribution < 1.29 is 0 Å². The zero-order valence-corrected chi connectivity index (χ0v) is 11.0. The summed E-state index contributed by atoms with van der Waals surface area (Å²) in [5.41, 5.74) is 5.71. The predicted octanol–water partition coefficient (Wildman–Crippen LogP) is 2.15. The Balaban J connectivity index is 1.66. The van der Waals surface area contributed by atoms with Crippen LogP contribution in [0.2, 0.25) is 0 Å². The minimum atomic E-state index is 0.576. The van der Waals surface area contributed by atoms with Crippen molar-refractivity contribution in [3.8, 4) is 0 Å². The maximum atomic E-state index is 5.71. The van der Waals surface area contributed by atoms with Crippen LogP contribution < -0.4 is 11.1 Å². The number of anilines is 2. The van der Waals surface area contributed by atoms with Gasteiger partial charge in [-0.3, -0.25) is 0 Å². The molecule has 0 spiro atoms. The third-order valence-corrected chi connectivity index (χ3v) is 4.95. The normalized spacial score (nSPS) is 33.6. The van der Waals surface area contributed by atoms with Crippen LogP contribution in [0.1, 0.15) is 32.1 Å². The zero-order valence-electron chi connectivity index (χ0n) is 10.2. The highest BCUT2D eigenvalue weighted by atomic mass is 32.1. The number of thiazole rings is 1. The average Bonchev–Trinajstić information content (AvgIpc) is 2.66. The molecule has 3 heterocycles. The zero-order chi connectivity index (χ0) is 11.8. The maximum Gasteiger partial charge on any atom is 0.184 e. The first-order valence-electron chi connectivity index (χ1n) is 6.42. The molecule has 1 aromatic rings. The molecule has 1 aromatic heterocycles. The van der Waals surface area contributed by atoms with Crippen molar-refractivity contribution in [1.82, 2.24) is 9.88 Å². The molecule has 2 fully saturated rings. The van der Waals surface area contributed by atoms with Gasteiger partial charge in [0.1, 0.15) is 5.00 Å². The van der Waals surface area contributed by atoms with Gasteiger partial charge in [-0.1, -0.05) is 17.8 Å². The number of aromatic nitrogens is 1. The fourth-order valence-electron chi connectivity index (χ4n) is 3.26. The molecule has 0 saturated carbocycles. The molecule has 2 aliphatic heterocycles. The molecule has 2 unspecified atom stereocenters. The van der Waals surface area contributed by atoms with E-state index in [0.29, 0.717) is 6.04 Å². The largest absolute Gasteiger partial charge is 0.389 e. The second-order valence-corrected chi connectivity index (χ2v) is 6.35. The summed E-state index contributed by atoms with van der Waals surface area (Å²) in [7, 11) is 2.28. The topological polar surface area (TPSA) is 54.2 Å². The summed E-state index contributed by atoms with van der Waals surface area (Å²) in [6.07, 6.45) is 8.33. The van der Waals surface area contributed by atoms with E-state index in [1.807, 2.05) is 0 Å². The molecule has 94 valence electrons.